The van der Waals surface area contributed by atoms with Gasteiger partial charge in [0, 0.05) is 0 Å². The van der Waals surface area contributed by atoms with Gasteiger partial charge < -0.3 is 18.1 Å². The van der Waals surface area contributed by atoms with Crippen molar-refractivity contribution in [3.05, 3.63) is 29.8 Å². The Morgan fingerprint density at radius 1 is 1.33 bits per heavy atom. The Labute approximate surface area is 142 Å². The van der Waals surface area contributed by atoms with Gasteiger partial charge in [0.1, 0.15) is 11.8 Å². The fraction of sp³-hybridized carbons (Fsp3) is 0.400. The Morgan fingerprint density at radius 2 is 2.04 bits per heavy atom. The zero-order valence-corrected chi connectivity index (χ0v) is 13.2. The summed E-state index contributed by atoms with van der Waals surface area (Å²) in [6.07, 6.45) is -2.62. The lowest BCUT2D eigenvalue weighted by atomic mass is 9.97. The van der Waals surface area contributed by atoms with Crippen molar-refractivity contribution in [3.63, 3.8) is 0 Å². The first-order valence-electron chi connectivity index (χ1n) is 7.16. The van der Waals surface area contributed by atoms with E-state index in [0.29, 0.717) is 12.8 Å². The van der Waals surface area contributed by atoms with Crippen molar-refractivity contribution in [3.8, 4) is 6.07 Å². The molecule has 2 unspecified atom stereocenters. The summed E-state index contributed by atoms with van der Waals surface area (Å²) in [5, 5.41) is 9.19. The molecule has 24 heavy (non-hydrogen) atoms. The molecule has 2 aliphatic heterocycles. The Hall–Kier alpha value is -2.27. The van der Waals surface area contributed by atoms with E-state index in [9.17, 15) is 23.2 Å². The summed E-state index contributed by atoms with van der Waals surface area (Å²) in [5.41, 5.74) is 5.24. The van der Waals surface area contributed by atoms with Gasteiger partial charge in [0.05, 0.1) is 5.56 Å². The van der Waals surface area contributed by atoms with Crippen LogP contribution in [0.15, 0.2) is 24.3 Å². The molecule has 1 fully saturated rings. The number of nitriles is 1. The van der Waals surface area contributed by atoms with Gasteiger partial charge >= 0.3 is 12.2 Å². The number of nitrogens with zero attached hydrogens (tertiary/aromatic N) is 3. The van der Waals surface area contributed by atoms with Crippen LogP contribution in [-0.4, -0.2) is 33.4 Å². The maximum Gasteiger partial charge on any atom is 0.445 e. The number of carbonyl (C=O) groups is 1. The first-order chi connectivity index (χ1) is 10.8. The van der Waals surface area contributed by atoms with Crippen molar-refractivity contribution in [1.82, 2.24) is 4.90 Å². The first kappa shape index (κ1) is 18.1. The van der Waals surface area contributed by atoms with Crippen LogP contribution in [0.5, 0.6) is 0 Å². The molecule has 2 aliphatic rings. The van der Waals surface area contributed by atoms with Gasteiger partial charge in [-0.2, -0.15) is 23.0 Å². The third-order valence-corrected chi connectivity index (χ3v) is 4.22. The molecule has 2 atom stereocenters. The van der Waals surface area contributed by atoms with Gasteiger partial charge in [-0.1, -0.05) is 6.07 Å². The summed E-state index contributed by atoms with van der Waals surface area (Å²) in [6.45, 7) is 0. The summed E-state index contributed by atoms with van der Waals surface area (Å²) >= 11 is 0. The van der Waals surface area contributed by atoms with Crippen LogP contribution in [0.3, 0.4) is 0 Å². The van der Waals surface area contributed by atoms with Gasteiger partial charge in [-0.15, -0.1) is 0 Å². The number of carbonyl (C=O) groups excluding carboxylic acids is 1. The molecule has 0 saturated carbocycles. The molecule has 1 aromatic carbocycles. The summed E-state index contributed by atoms with van der Waals surface area (Å²) < 4.78 is 39.7. The predicted octanol–water partition coefficient (Wildman–Crippen LogP) is -0.409. The second-order valence-corrected chi connectivity index (χ2v) is 5.59. The SMILES string of the molecule is N#CC1CCCC2C(N)=[N+](c3cccc(C(F)(F)F)c3)C(=O)N12.[Cl-]. The summed E-state index contributed by atoms with van der Waals surface area (Å²) in [5.74, 6) is 0.175. The van der Waals surface area contributed by atoms with Gasteiger partial charge in [0.25, 0.3) is 0 Å². The molecule has 3 rings (SSSR count). The maximum absolute atomic E-state index is 12.9. The van der Waals surface area contributed by atoms with Crippen molar-refractivity contribution < 1.29 is 34.9 Å². The third kappa shape index (κ3) is 2.80. The van der Waals surface area contributed by atoms with Crippen LogP contribution in [0.1, 0.15) is 24.8 Å². The second-order valence-electron chi connectivity index (χ2n) is 5.59. The molecule has 1 aromatic rings. The molecule has 0 aliphatic carbocycles. The molecule has 2 heterocycles. The highest BCUT2D eigenvalue weighted by atomic mass is 35.5. The monoisotopic (exact) mass is 358 g/mol. The van der Waals surface area contributed by atoms with Crippen molar-refractivity contribution in [2.45, 2.75) is 37.5 Å². The number of benzene rings is 1. The third-order valence-electron chi connectivity index (χ3n) is 4.22. The normalized spacial score (nSPS) is 23.6. The van der Waals surface area contributed by atoms with Gasteiger partial charge in [-0.05, 0) is 37.5 Å². The lowest BCUT2D eigenvalue weighted by Gasteiger charge is -2.27. The van der Waals surface area contributed by atoms with Gasteiger partial charge in [-0.3, -0.25) is 0 Å². The molecule has 0 bridgehead atoms. The van der Waals surface area contributed by atoms with E-state index < -0.39 is 29.9 Å². The lowest BCUT2D eigenvalue weighted by molar-refractivity contribution is -0.334. The highest BCUT2D eigenvalue weighted by Crippen LogP contribution is 2.34. The molecule has 1 saturated heterocycles. The summed E-state index contributed by atoms with van der Waals surface area (Å²) in [7, 11) is 0. The van der Waals surface area contributed by atoms with Crippen molar-refractivity contribution in [1.29, 1.82) is 5.26 Å². The second kappa shape index (κ2) is 6.32. The average Bonchev–Trinajstić information content (AvgIpc) is 2.78. The summed E-state index contributed by atoms with van der Waals surface area (Å²) in [6, 6.07) is 4.95. The van der Waals surface area contributed by atoms with E-state index in [1.807, 2.05) is 0 Å². The number of amidine groups is 1. The summed E-state index contributed by atoms with van der Waals surface area (Å²) in [4.78, 5) is 14.0. The molecular formula is C15H14ClF3N4O. The number of alkyl halides is 3. The number of fused-ring (bicyclic) bond motifs is 1. The molecule has 2 N–H and O–H groups in total. The zero-order chi connectivity index (χ0) is 16.8. The van der Waals surface area contributed by atoms with Crippen LogP contribution in [0.4, 0.5) is 23.7 Å². The minimum Gasteiger partial charge on any atom is -1.00 e. The topological polar surface area (TPSA) is 73.1 Å². The van der Waals surface area contributed by atoms with Gasteiger partial charge in [-0.25, -0.2) is 9.69 Å². The number of piperidine rings is 1. The van der Waals surface area contributed by atoms with E-state index in [4.69, 9.17) is 5.73 Å². The quantitative estimate of drug-likeness (QED) is 0.694. The Morgan fingerprint density at radius 3 is 2.67 bits per heavy atom. The zero-order valence-electron chi connectivity index (χ0n) is 12.4. The molecular weight excluding hydrogens is 345 g/mol. The van der Waals surface area contributed by atoms with E-state index in [2.05, 4.69) is 6.07 Å². The maximum atomic E-state index is 12.9. The minimum absolute atomic E-state index is 0. The van der Waals surface area contributed by atoms with Crippen LogP contribution in [0.2, 0.25) is 0 Å². The molecule has 9 heteroatoms. The van der Waals surface area contributed by atoms with Crippen LogP contribution in [-0.2, 0) is 6.18 Å². The number of urea groups is 1. The fourth-order valence-electron chi connectivity index (χ4n) is 3.14. The predicted molar refractivity (Wildman–Crippen MR) is 74.8 cm³/mol. The Bertz CT molecular complexity index is 741. The molecule has 0 spiro atoms. The van der Waals surface area contributed by atoms with Crippen molar-refractivity contribution >= 4 is 17.6 Å². The number of amides is 2. The van der Waals surface area contributed by atoms with Crippen LogP contribution >= 0.6 is 0 Å². The van der Waals surface area contributed by atoms with Crippen LogP contribution < -0.4 is 18.1 Å². The van der Waals surface area contributed by atoms with E-state index in [0.717, 1.165) is 23.1 Å². The van der Waals surface area contributed by atoms with Crippen LogP contribution in [0, 0.1) is 11.3 Å². The number of hydrogen-bond acceptors (Lipinski definition) is 3. The molecule has 2 amide bonds. The van der Waals surface area contributed by atoms with Crippen LogP contribution in [0.25, 0.3) is 0 Å². The van der Waals surface area contributed by atoms with E-state index in [1.165, 1.54) is 17.0 Å². The molecule has 128 valence electrons. The molecule has 0 radical (unpaired) electrons. The number of nitrogens with two attached hydrogens (primary N) is 1. The molecule has 5 nitrogen and oxygen atoms in total. The van der Waals surface area contributed by atoms with Gasteiger partial charge in [0.2, 0.25) is 5.84 Å². The van der Waals surface area contributed by atoms with Crippen molar-refractivity contribution in [2.75, 3.05) is 0 Å². The smallest absolute Gasteiger partial charge is 0.445 e. The van der Waals surface area contributed by atoms with E-state index in [-0.39, 0.29) is 23.9 Å². The highest BCUT2D eigenvalue weighted by Gasteiger charge is 2.51. The number of hydrogen-bond donors (Lipinski definition) is 1. The molecule has 0 aromatic heterocycles. The van der Waals surface area contributed by atoms with E-state index in [1.54, 1.807) is 0 Å². The average molecular weight is 359 g/mol. The number of rotatable bonds is 1. The fourth-order valence-corrected chi connectivity index (χ4v) is 3.14. The lowest BCUT2D eigenvalue weighted by Crippen LogP contribution is -3.00. The Balaban J connectivity index is 0.00000208. The largest absolute Gasteiger partial charge is 1.00 e. The highest BCUT2D eigenvalue weighted by molar-refractivity contribution is 5.95. The minimum atomic E-state index is -4.50. The number of halogens is 4. The standard InChI is InChI=1S/C15H13F3N4O.ClH/c16-15(17,18)9-3-1-4-10(7-9)22-13(20)12-6-2-5-11(8-19)21(12)14(22)23;/h1,3-4,7,11-12,20H,2,5-6H2;1H. The van der Waals surface area contributed by atoms with Gasteiger partial charge in [0.15, 0.2) is 12.1 Å². The first-order valence-corrected chi connectivity index (χ1v) is 7.16. The Kier molecular flexibility index (Phi) is 4.76. The van der Waals surface area contributed by atoms with Crippen molar-refractivity contribution in [2.24, 2.45) is 5.73 Å². The van der Waals surface area contributed by atoms with E-state index >= 15 is 0 Å².